The third-order valence-corrected chi connectivity index (χ3v) is 5.19. The molecule has 4 nitrogen and oxygen atoms in total. The minimum atomic E-state index is -0.734. The number of esters is 1. The smallest absolute Gasteiger partial charge is 0.350 e. The lowest BCUT2D eigenvalue weighted by molar-refractivity contribution is -0.112. The molecule has 1 N–H and O–H groups in total. The van der Waals surface area contributed by atoms with Crippen molar-refractivity contribution >= 4 is 75.3 Å². The molecule has 1 aromatic carbocycles. The Labute approximate surface area is 161 Å². The van der Waals surface area contributed by atoms with Gasteiger partial charge in [0.15, 0.2) is 0 Å². The number of thiophene rings is 1. The molecule has 0 aliphatic rings. The number of hydrogen-bond donors (Lipinski definition) is 1. The van der Waals surface area contributed by atoms with Gasteiger partial charge >= 0.3 is 5.97 Å². The molecule has 1 aromatic heterocycles. The molecular formula is C15H9Cl4NO3S. The first-order chi connectivity index (χ1) is 11.3. The van der Waals surface area contributed by atoms with Crippen molar-refractivity contribution in [3.05, 3.63) is 49.8 Å². The van der Waals surface area contributed by atoms with E-state index in [1.165, 1.54) is 7.11 Å². The van der Waals surface area contributed by atoms with E-state index in [2.05, 4.69) is 5.32 Å². The molecule has 0 aliphatic heterocycles. The summed E-state index contributed by atoms with van der Waals surface area (Å²) in [5.41, 5.74) is 1.07. The van der Waals surface area contributed by atoms with Crippen molar-refractivity contribution < 1.29 is 14.3 Å². The third kappa shape index (κ3) is 4.43. The Morgan fingerprint density at radius 3 is 2.29 bits per heavy atom. The van der Waals surface area contributed by atoms with Gasteiger partial charge < -0.3 is 10.1 Å². The Balaban J connectivity index is 2.42. The van der Waals surface area contributed by atoms with Crippen LogP contribution in [0, 0.1) is 0 Å². The van der Waals surface area contributed by atoms with Crippen LogP contribution >= 0.6 is 57.7 Å². The van der Waals surface area contributed by atoms with E-state index in [0.717, 1.165) is 21.8 Å². The standard InChI is InChI=1S/C15H9Cl4NO3S/c1-23-15(22)12-9(20-14(21)11(17)13(18)19)6-10(24-12)7-2-4-8(16)5-3-7/h2-6H,1H3,(H,20,21). The summed E-state index contributed by atoms with van der Waals surface area (Å²) in [5, 5.41) is 2.70. The van der Waals surface area contributed by atoms with Crippen molar-refractivity contribution in [2.45, 2.75) is 0 Å². The molecule has 126 valence electrons. The molecule has 1 heterocycles. The van der Waals surface area contributed by atoms with Gasteiger partial charge in [-0.1, -0.05) is 58.5 Å². The highest BCUT2D eigenvalue weighted by Crippen LogP contribution is 2.36. The van der Waals surface area contributed by atoms with Crippen LogP contribution < -0.4 is 5.32 Å². The molecular weight excluding hydrogens is 416 g/mol. The minimum absolute atomic E-state index is 0.214. The van der Waals surface area contributed by atoms with Crippen molar-refractivity contribution in [2.24, 2.45) is 0 Å². The Morgan fingerprint density at radius 2 is 1.75 bits per heavy atom. The molecule has 0 fully saturated rings. The highest BCUT2D eigenvalue weighted by molar-refractivity contribution is 7.18. The molecule has 9 heteroatoms. The van der Waals surface area contributed by atoms with Gasteiger partial charge in [-0.15, -0.1) is 11.3 Å². The van der Waals surface area contributed by atoms with E-state index < -0.39 is 11.9 Å². The number of benzene rings is 1. The number of methoxy groups -OCH3 is 1. The Kier molecular flexibility index (Phi) is 6.54. The van der Waals surface area contributed by atoms with Gasteiger partial charge in [-0.05, 0) is 23.8 Å². The van der Waals surface area contributed by atoms with E-state index in [9.17, 15) is 9.59 Å². The second-order valence-electron chi connectivity index (χ2n) is 4.38. The number of ether oxygens (including phenoxy) is 1. The largest absolute Gasteiger partial charge is 0.465 e. The van der Waals surface area contributed by atoms with Crippen LogP contribution in [0.15, 0.2) is 39.9 Å². The molecule has 0 radical (unpaired) electrons. The van der Waals surface area contributed by atoms with Crippen LogP contribution in [0.2, 0.25) is 5.02 Å². The van der Waals surface area contributed by atoms with Crippen LogP contribution in [-0.2, 0) is 9.53 Å². The highest BCUT2D eigenvalue weighted by atomic mass is 35.5. The first-order valence-corrected chi connectivity index (χ1v) is 8.66. The zero-order chi connectivity index (χ0) is 17.9. The van der Waals surface area contributed by atoms with E-state index in [-0.39, 0.29) is 20.1 Å². The van der Waals surface area contributed by atoms with Gasteiger partial charge in [-0.2, -0.15) is 0 Å². The fraction of sp³-hybridized carbons (Fsp3) is 0.0667. The van der Waals surface area contributed by atoms with Crippen LogP contribution in [0.25, 0.3) is 10.4 Å². The highest BCUT2D eigenvalue weighted by Gasteiger charge is 2.21. The summed E-state index contributed by atoms with van der Waals surface area (Å²) >= 11 is 23.7. The summed E-state index contributed by atoms with van der Waals surface area (Å²) in [6.45, 7) is 0. The molecule has 2 aromatic rings. The van der Waals surface area contributed by atoms with Crippen LogP contribution in [0.1, 0.15) is 9.67 Å². The van der Waals surface area contributed by atoms with Crippen molar-refractivity contribution in [1.82, 2.24) is 0 Å². The monoisotopic (exact) mass is 423 g/mol. The zero-order valence-corrected chi connectivity index (χ0v) is 15.9. The predicted molar refractivity (Wildman–Crippen MR) is 99.3 cm³/mol. The molecule has 2 rings (SSSR count). The van der Waals surface area contributed by atoms with E-state index in [4.69, 9.17) is 51.1 Å². The number of carbonyl (C=O) groups excluding carboxylic acids is 2. The summed E-state index contributed by atoms with van der Waals surface area (Å²) in [6.07, 6.45) is 0. The van der Waals surface area contributed by atoms with Gasteiger partial charge in [0.1, 0.15) is 14.4 Å². The number of nitrogens with one attached hydrogen (secondary N) is 1. The number of anilines is 1. The summed E-state index contributed by atoms with van der Waals surface area (Å²) < 4.78 is 4.36. The maximum Gasteiger partial charge on any atom is 0.350 e. The van der Waals surface area contributed by atoms with Crippen LogP contribution in [0.3, 0.4) is 0 Å². The predicted octanol–water partition coefficient (Wildman–Crippen LogP) is 5.68. The van der Waals surface area contributed by atoms with E-state index in [1.54, 1.807) is 30.3 Å². The molecule has 0 unspecified atom stereocenters. The number of carbonyl (C=O) groups is 2. The Morgan fingerprint density at radius 1 is 1.12 bits per heavy atom. The number of halogens is 4. The quantitative estimate of drug-likeness (QED) is 0.507. The zero-order valence-electron chi connectivity index (χ0n) is 12.0. The molecule has 24 heavy (non-hydrogen) atoms. The van der Waals surface area contributed by atoms with Gasteiger partial charge in [0, 0.05) is 9.90 Å². The molecule has 0 bridgehead atoms. The van der Waals surface area contributed by atoms with Crippen LogP contribution in [-0.4, -0.2) is 19.0 Å². The number of hydrogen-bond acceptors (Lipinski definition) is 4. The van der Waals surface area contributed by atoms with Gasteiger partial charge in [0.05, 0.1) is 12.8 Å². The second kappa shape index (κ2) is 8.23. The van der Waals surface area contributed by atoms with Gasteiger partial charge in [-0.3, -0.25) is 4.79 Å². The van der Waals surface area contributed by atoms with Gasteiger partial charge in [0.2, 0.25) is 0 Å². The lowest BCUT2D eigenvalue weighted by Crippen LogP contribution is -2.14. The first kappa shape index (κ1) is 19.1. The minimum Gasteiger partial charge on any atom is -0.465 e. The molecule has 0 atom stereocenters. The number of amides is 1. The van der Waals surface area contributed by atoms with Crippen molar-refractivity contribution in [2.75, 3.05) is 12.4 Å². The van der Waals surface area contributed by atoms with Crippen LogP contribution in [0.4, 0.5) is 5.69 Å². The van der Waals surface area contributed by atoms with E-state index in [1.807, 2.05) is 0 Å². The fourth-order valence-corrected chi connectivity index (χ4v) is 3.13. The first-order valence-electron chi connectivity index (χ1n) is 6.33. The second-order valence-corrected chi connectivity index (χ2v) is 7.20. The SMILES string of the molecule is COC(=O)c1sc(-c2ccc(Cl)cc2)cc1NC(=O)C(Cl)=C(Cl)Cl. The third-order valence-electron chi connectivity index (χ3n) is 2.85. The summed E-state index contributed by atoms with van der Waals surface area (Å²) in [4.78, 5) is 24.9. The summed E-state index contributed by atoms with van der Waals surface area (Å²) in [7, 11) is 1.25. The lowest BCUT2D eigenvalue weighted by atomic mass is 10.2. The topological polar surface area (TPSA) is 55.4 Å². The average molecular weight is 425 g/mol. The van der Waals surface area contributed by atoms with E-state index >= 15 is 0 Å². The maximum atomic E-state index is 12.0. The summed E-state index contributed by atoms with van der Waals surface area (Å²) in [6, 6.07) is 8.66. The molecule has 0 saturated carbocycles. The molecule has 0 spiro atoms. The number of rotatable bonds is 4. The Bertz CT molecular complexity index is 811. The average Bonchev–Trinajstić information content (AvgIpc) is 2.97. The fourth-order valence-electron chi connectivity index (χ4n) is 1.75. The lowest BCUT2D eigenvalue weighted by Gasteiger charge is -2.04. The molecule has 0 aliphatic carbocycles. The maximum absolute atomic E-state index is 12.0. The van der Waals surface area contributed by atoms with Gasteiger partial charge in [0.25, 0.3) is 5.91 Å². The van der Waals surface area contributed by atoms with E-state index in [0.29, 0.717) is 5.02 Å². The van der Waals surface area contributed by atoms with Crippen molar-refractivity contribution in [1.29, 1.82) is 0 Å². The summed E-state index contributed by atoms with van der Waals surface area (Å²) in [5.74, 6) is -1.32. The molecule has 0 saturated heterocycles. The normalized spacial score (nSPS) is 10.2. The van der Waals surface area contributed by atoms with Crippen molar-refractivity contribution in [3.8, 4) is 10.4 Å². The van der Waals surface area contributed by atoms with Crippen LogP contribution in [0.5, 0.6) is 0 Å². The Hall–Kier alpha value is -1.24. The molecule has 1 amide bonds. The van der Waals surface area contributed by atoms with Gasteiger partial charge in [-0.25, -0.2) is 4.79 Å². The van der Waals surface area contributed by atoms with Crippen molar-refractivity contribution in [3.63, 3.8) is 0 Å².